The van der Waals surface area contributed by atoms with Crippen LogP contribution in [0.5, 0.6) is 0 Å². The highest BCUT2D eigenvalue weighted by atomic mass is 14.3. The maximum atomic E-state index is 4.16. The molecule has 1 atom stereocenters. The van der Waals surface area contributed by atoms with Crippen LogP contribution in [0, 0.1) is 11.5 Å². The Morgan fingerprint density at radius 2 is 0.296 bits per heavy atom. The molecule has 681 valence electrons. The molecule has 0 spiro atoms. The van der Waals surface area contributed by atoms with Gasteiger partial charge in [0, 0.05) is 5.41 Å². The fourth-order valence-corrected chi connectivity index (χ4v) is 18.6. The summed E-state index contributed by atoms with van der Waals surface area (Å²) < 4.78 is 0. The van der Waals surface area contributed by atoms with Crippen LogP contribution in [-0.4, -0.2) is 0 Å². The first-order valence-corrected chi connectivity index (χ1v) is 55.5. The van der Waals surface area contributed by atoms with Crippen molar-refractivity contribution < 1.29 is 0 Å². The van der Waals surface area contributed by atoms with Gasteiger partial charge in [-0.25, -0.2) is 0 Å². The summed E-state index contributed by atoms with van der Waals surface area (Å²) >= 11 is 0. The lowest BCUT2D eigenvalue weighted by atomic mass is 9.74. The lowest BCUT2D eigenvalue weighted by Gasteiger charge is -2.30. The van der Waals surface area contributed by atoms with E-state index in [1.807, 2.05) is 0 Å². The van der Waals surface area contributed by atoms with Gasteiger partial charge in [-0.3, -0.25) is 0 Å². The molecule has 0 saturated carbocycles. The maximum absolute atomic E-state index is 4.16. The smallest absolute Gasteiger partial charge is 0.0318 e. The quantitative estimate of drug-likeness (QED) is 0.0323. The zero-order valence-corrected chi connectivity index (χ0v) is 81.1. The van der Waals surface area contributed by atoms with Crippen LogP contribution in [0.15, 0.2) is 54.2 Å². The van der Waals surface area contributed by atoms with Gasteiger partial charge in [0.15, 0.2) is 0 Å². The minimum absolute atomic E-state index is 0.0985. The molecule has 0 aliphatic heterocycles. The van der Waals surface area contributed by atoms with E-state index in [-0.39, 0.29) is 5.41 Å². The predicted octanol–water partition coefficient (Wildman–Crippen LogP) is 43.6. The first kappa shape index (κ1) is 114. The molecule has 0 aliphatic carbocycles. The van der Waals surface area contributed by atoms with E-state index in [9.17, 15) is 0 Å². The Morgan fingerprint density at radius 1 is 0.157 bits per heavy atom. The molecule has 0 aromatic carbocycles. The summed E-state index contributed by atoms with van der Waals surface area (Å²) in [5.74, 6) is 0. The molecule has 0 saturated heterocycles. The van der Waals surface area contributed by atoms with Gasteiger partial charge in [-0.15, -0.1) is 0 Å². The normalized spacial score (nSPS) is 12.9. The highest BCUT2D eigenvalue weighted by Crippen LogP contribution is 2.40. The Labute approximate surface area is 731 Å². The van der Waals surface area contributed by atoms with Gasteiger partial charge in [0.1, 0.15) is 0 Å². The average molecular weight is 1600 g/mol. The van der Waals surface area contributed by atoms with Crippen LogP contribution in [0.1, 0.15) is 670 Å². The fraction of sp³-hybridized carbons (Fsp3) is 0.913. The topological polar surface area (TPSA) is 0 Å². The largest absolute Gasteiger partial charge is 0.0873 e. The van der Waals surface area contributed by atoms with Gasteiger partial charge >= 0.3 is 0 Å². The molecule has 0 N–H and O–H groups in total. The monoisotopic (exact) mass is 1600 g/mol. The summed E-state index contributed by atoms with van der Waals surface area (Å²) in [6.45, 7) is 11.7. The molecule has 115 heavy (non-hydrogen) atoms. The Hall–Kier alpha value is -1.30. The predicted molar refractivity (Wildman–Crippen MR) is 531 cm³/mol. The molecule has 0 rings (SSSR count). The number of rotatable bonds is 104. The first-order chi connectivity index (χ1) is 57.2. The molecule has 0 bridgehead atoms. The molecule has 0 heterocycles. The summed E-state index contributed by atoms with van der Waals surface area (Å²) in [6.07, 6.45) is 167. The molecular formula is C115H221. The number of allylic oxidation sites excluding steroid dienone is 10. The lowest BCUT2D eigenvalue weighted by Crippen LogP contribution is -2.18. The molecule has 0 amide bonds. The standard InChI is InChI=1S/C115H221/c1-6-11-16-21-26-31-36-41-46-51-55-59-61-65-69-73-78-83-88-93-98-103-108-113-115(111-106-101-96-91-86-81-76-50-45-40-35-30-25-20-15-10-5,112-107-102-97-92-87-82-77-72-68-64-60-56-52-47-42-37-32-27-22-17-12-7-2)114(109-104-99-94-89-84-79-74-70-66-62-57-53-48-43-38-33-28-23-18-13-8-3)110-105-100-95-90-85-80-75-71-67-63-58-54-49-44-39-34-29-24-19-14-9-4/h99,104-105,107-108,110,112-113H,6-98,100-103,106,111H2,1-5H3. The third-order valence-corrected chi connectivity index (χ3v) is 26.8. The molecule has 0 aromatic rings. The molecule has 0 nitrogen and oxygen atoms in total. The van der Waals surface area contributed by atoms with Crippen molar-refractivity contribution in [2.45, 2.75) is 670 Å². The summed E-state index contributed by atoms with van der Waals surface area (Å²) in [7, 11) is 0. The fourth-order valence-electron chi connectivity index (χ4n) is 18.6. The van der Waals surface area contributed by atoms with E-state index in [1.54, 1.807) is 0 Å². The van der Waals surface area contributed by atoms with Crippen molar-refractivity contribution in [3.8, 4) is 0 Å². The van der Waals surface area contributed by atoms with E-state index in [1.165, 1.54) is 641 Å². The second kappa shape index (κ2) is 105. The van der Waals surface area contributed by atoms with Gasteiger partial charge in [-0.1, -0.05) is 661 Å². The zero-order chi connectivity index (χ0) is 82.4. The third-order valence-electron chi connectivity index (χ3n) is 26.8. The van der Waals surface area contributed by atoms with Crippen molar-refractivity contribution >= 4 is 0 Å². The minimum atomic E-state index is -0.0985. The van der Waals surface area contributed by atoms with Crippen LogP contribution < -0.4 is 0 Å². The number of hydrogen-bond acceptors (Lipinski definition) is 0. The Bertz CT molecular complexity index is 1840. The minimum Gasteiger partial charge on any atom is -0.0873 e. The Morgan fingerprint density at radius 3 is 0.470 bits per heavy atom. The molecule has 1 unspecified atom stereocenters. The van der Waals surface area contributed by atoms with Crippen LogP contribution >= 0.6 is 0 Å². The van der Waals surface area contributed by atoms with Gasteiger partial charge in [0.2, 0.25) is 0 Å². The van der Waals surface area contributed by atoms with Crippen molar-refractivity contribution in [2.75, 3.05) is 0 Å². The summed E-state index contributed by atoms with van der Waals surface area (Å²) in [6, 6.07) is 0. The van der Waals surface area contributed by atoms with Crippen molar-refractivity contribution in [3.63, 3.8) is 0 Å². The maximum Gasteiger partial charge on any atom is 0.0318 e. The lowest BCUT2D eigenvalue weighted by molar-refractivity contribution is 0.475. The molecular weight excluding hydrogens is 1380 g/mol. The highest BCUT2D eigenvalue weighted by Gasteiger charge is 2.27. The van der Waals surface area contributed by atoms with E-state index in [2.05, 4.69) is 89.3 Å². The van der Waals surface area contributed by atoms with Crippen molar-refractivity contribution in [3.05, 3.63) is 60.3 Å². The second-order valence-corrected chi connectivity index (χ2v) is 38.6. The van der Waals surface area contributed by atoms with Gasteiger partial charge in [-0.2, -0.15) is 0 Å². The summed E-state index contributed by atoms with van der Waals surface area (Å²) in [5, 5.41) is 0. The number of hydrogen-bond donors (Lipinski definition) is 0. The molecule has 0 heteroatoms. The molecule has 0 fully saturated rings. The van der Waals surface area contributed by atoms with Crippen molar-refractivity contribution in [1.82, 2.24) is 0 Å². The molecule has 1 radical (unpaired) electrons. The first-order valence-electron chi connectivity index (χ1n) is 55.5. The van der Waals surface area contributed by atoms with Crippen LogP contribution in [0.4, 0.5) is 0 Å². The van der Waals surface area contributed by atoms with E-state index in [4.69, 9.17) is 0 Å². The van der Waals surface area contributed by atoms with Gasteiger partial charge in [-0.05, 0) is 69.4 Å². The summed E-state index contributed by atoms with van der Waals surface area (Å²) in [5.41, 5.74) is 1.36. The molecule has 0 aliphatic rings. The van der Waals surface area contributed by atoms with Gasteiger partial charge in [0.05, 0.1) is 0 Å². The van der Waals surface area contributed by atoms with E-state index in [0.29, 0.717) is 0 Å². The third kappa shape index (κ3) is 94.8. The second-order valence-electron chi connectivity index (χ2n) is 38.6. The van der Waals surface area contributed by atoms with Gasteiger partial charge < -0.3 is 0 Å². The Kier molecular flexibility index (Phi) is 104. The van der Waals surface area contributed by atoms with Crippen molar-refractivity contribution in [2.24, 2.45) is 5.41 Å². The van der Waals surface area contributed by atoms with E-state index < -0.39 is 0 Å². The van der Waals surface area contributed by atoms with Crippen LogP contribution in [0.25, 0.3) is 0 Å². The summed E-state index contributed by atoms with van der Waals surface area (Å²) in [4.78, 5) is 0. The van der Waals surface area contributed by atoms with Gasteiger partial charge in [0.25, 0.3) is 0 Å². The Balaban J connectivity index is 6.21. The average Bonchev–Trinajstić information content (AvgIpc) is 0.825. The van der Waals surface area contributed by atoms with Crippen LogP contribution in [-0.2, 0) is 0 Å². The SMILES string of the molecule is CCCCCCCCCCCCCCCCCCCCC=C/[C]=C(/C=CCCCCCCCCCCCCCCCCCCCCC)C(C=CCCCCCCCCCCCCCCCCCCCCCC)(C=CCCCCCCCCCCCCCCCCCCCCCCC)CCCCCCCCCCCCCCCCCC. The van der Waals surface area contributed by atoms with E-state index >= 15 is 0 Å². The highest BCUT2D eigenvalue weighted by molar-refractivity contribution is 5.37. The zero-order valence-electron chi connectivity index (χ0n) is 81.1. The molecule has 0 aromatic heterocycles. The van der Waals surface area contributed by atoms with Crippen LogP contribution in [0.2, 0.25) is 0 Å². The number of unbranched alkanes of at least 4 members (excludes halogenated alkanes) is 93. The van der Waals surface area contributed by atoms with Crippen molar-refractivity contribution in [1.29, 1.82) is 0 Å². The van der Waals surface area contributed by atoms with Crippen LogP contribution in [0.3, 0.4) is 0 Å². The van der Waals surface area contributed by atoms with E-state index in [0.717, 1.165) is 0 Å².